The summed E-state index contributed by atoms with van der Waals surface area (Å²) in [5.41, 5.74) is 3.89. The number of ketones is 1. The van der Waals surface area contributed by atoms with Gasteiger partial charge in [0.2, 0.25) is 0 Å². The van der Waals surface area contributed by atoms with Gasteiger partial charge in [-0.05, 0) is 12.5 Å². The largest absolute Gasteiger partial charge is 0.376 e. The second kappa shape index (κ2) is 6.33. The Hall–Kier alpha value is -1.78. The maximum absolute atomic E-state index is 12.1. The van der Waals surface area contributed by atoms with Gasteiger partial charge in [-0.25, -0.2) is 0 Å². The lowest BCUT2D eigenvalue weighted by atomic mass is 9.98. The summed E-state index contributed by atoms with van der Waals surface area (Å²) in [5, 5.41) is 3.45. The summed E-state index contributed by atoms with van der Waals surface area (Å²) < 4.78 is 5.34. The highest BCUT2D eigenvalue weighted by atomic mass is 16.5. The minimum Gasteiger partial charge on any atom is -0.376 e. The Kier molecular flexibility index (Phi) is 4.27. The van der Waals surface area contributed by atoms with Gasteiger partial charge in [0, 0.05) is 30.3 Å². The molecule has 21 heavy (non-hydrogen) atoms. The van der Waals surface area contributed by atoms with Gasteiger partial charge in [0.25, 0.3) is 0 Å². The van der Waals surface area contributed by atoms with Gasteiger partial charge in [-0.2, -0.15) is 0 Å². The van der Waals surface area contributed by atoms with E-state index in [1.54, 1.807) is 0 Å². The summed E-state index contributed by atoms with van der Waals surface area (Å²) in [6.45, 7) is 3.87. The summed E-state index contributed by atoms with van der Waals surface area (Å²) >= 11 is 0. The number of carbonyl (C=O) groups is 1. The molecule has 0 fully saturated rings. The highest BCUT2D eigenvalue weighted by molar-refractivity contribution is 6.13. The van der Waals surface area contributed by atoms with Crippen LogP contribution < -0.4 is 5.32 Å². The van der Waals surface area contributed by atoms with Gasteiger partial charge in [0.1, 0.15) is 0 Å². The Balaban J connectivity index is 1.65. The van der Waals surface area contributed by atoms with E-state index in [2.05, 4.69) is 29.4 Å². The van der Waals surface area contributed by atoms with Gasteiger partial charge in [-0.15, -0.1) is 0 Å². The molecule has 0 radical (unpaired) electrons. The fourth-order valence-electron chi connectivity index (χ4n) is 2.70. The van der Waals surface area contributed by atoms with Crippen LogP contribution in [0.4, 0.5) is 0 Å². The standard InChI is InChI=1S/C17H20N2O2/c1-12(13-5-3-2-4-6-13)18-10-14-9-17(20)15-11-21-8-7-16(15)19-14/h2-6,12,18H,7-11H2,1H3/t12-/m0/s1. The van der Waals surface area contributed by atoms with Gasteiger partial charge in [0.15, 0.2) is 5.78 Å². The molecule has 0 spiro atoms. The van der Waals surface area contributed by atoms with Crippen molar-refractivity contribution in [1.29, 1.82) is 0 Å². The Morgan fingerprint density at radius 3 is 2.95 bits per heavy atom. The number of aliphatic imine (C=N–C) groups is 1. The second-order valence-electron chi connectivity index (χ2n) is 5.52. The fraction of sp³-hybridized carbons (Fsp3) is 0.412. The van der Waals surface area contributed by atoms with Crippen LogP contribution in [0.2, 0.25) is 0 Å². The molecule has 2 aliphatic heterocycles. The monoisotopic (exact) mass is 284 g/mol. The van der Waals surface area contributed by atoms with E-state index in [0.29, 0.717) is 26.2 Å². The van der Waals surface area contributed by atoms with Crippen molar-refractivity contribution in [3.8, 4) is 0 Å². The highest BCUT2D eigenvalue weighted by Crippen LogP contribution is 2.23. The molecule has 0 saturated carbocycles. The molecule has 2 heterocycles. The number of nitrogens with one attached hydrogen (secondary N) is 1. The predicted molar refractivity (Wildman–Crippen MR) is 82.4 cm³/mol. The van der Waals surface area contributed by atoms with Crippen molar-refractivity contribution in [1.82, 2.24) is 5.32 Å². The molecule has 4 nitrogen and oxygen atoms in total. The van der Waals surface area contributed by atoms with Crippen molar-refractivity contribution in [2.75, 3.05) is 19.8 Å². The molecule has 0 unspecified atom stereocenters. The van der Waals surface area contributed by atoms with Crippen LogP contribution in [-0.2, 0) is 9.53 Å². The van der Waals surface area contributed by atoms with Crippen molar-refractivity contribution in [2.24, 2.45) is 4.99 Å². The van der Waals surface area contributed by atoms with E-state index in [1.165, 1.54) is 5.56 Å². The molecule has 1 N–H and O–H groups in total. The van der Waals surface area contributed by atoms with E-state index in [0.717, 1.165) is 23.4 Å². The van der Waals surface area contributed by atoms with Crippen molar-refractivity contribution < 1.29 is 9.53 Å². The van der Waals surface area contributed by atoms with Gasteiger partial charge < -0.3 is 10.1 Å². The second-order valence-corrected chi connectivity index (χ2v) is 5.52. The summed E-state index contributed by atoms with van der Waals surface area (Å²) in [6, 6.07) is 10.5. The van der Waals surface area contributed by atoms with E-state index < -0.39 is 0 Å². The number of ether oxygens (including phenoxy) is 1. The number of hydrogen-bond donors (Lipinski definition) is 1. The SMILES string of the molecule is C[C@H](NCC1=NC2=C(COCC2)C(=O)C1)c1ccccc1. The third kappa shape index (κ3) is 3.28. The topological polar surface area (TPSA) is 50.7 Å². The van der Waals surface area contributed by atoms with Crippen molar-refractivity contribution in [3.63, 3.8) is 0 Å². The quantitative estimate of drug-likeness (QED) is 0.924. The zero-order valence-corrected chi connectivity index (χ0v) is 12.3. The molecule has 0 amide bonds. The van der Waals surface area contributed by atoms with E-state index in [4.69, 9.17) is 4.74 Å². The van der Waals surface area contributed by atoms with E-state index >= 15 is 0 Å². The molecule has 4 heteroatoms. The van der Waals surface area contributed by atoms with Crippen molar-refractivity contribution in [3.05, 3.63) is 47.2 Å². The van der Waals surface area contributed by atoms with Crippen LogP contribution in [0, 0.1) is 0 Å². The zero-order chi connectivity index (χ0) is 14.7. The maximum Gasteiger partial charge on any atom is 0.168 e. The van der Waals surface area contributed by atoms with Crippen LogP contribution in [0.1, 0.15) is 31.4 Å². The first-order valence-corrected chi connectivity index (χ1v) is 7.42. The fourth-order valence-corrected chi connectivity index (χ4v) is 2.70. The number of Topliss-reactive ketones (excluding diaryl/α,β-unsaturated/α-hetero) is 1. The summed E-state index contributed by atoms with van der Waals surface area (Å²) in [4.78, 5) is 16.8. The minimum absolute atomic E-state index is 0.170. The summed E-state index contributed by atoms with van der Waals surface area (Å²) in [5.74, 6) is 0.170. The molecule has 1 aromatic carbocycles. The molecule has 0 aliphatic carbocycles. The predicted octanol–water partition coefficient (Wildman–Crippen LogP) is 2.43. The highest BCUT2D eigenvalue weighted by Gasteiger charge is 2.25. The molecule has 3 rings (SSSR count). The number of hydrogen-bond acceptors (Lipinski definition) is 4. The normalized spacial score (nSPS) is 20.0. The summed E-state index contributed by atoms with van der Waals surface area (Å²) in [7, 11) is 0. The third-order valence-corrected chi connectivity index (χ3v) is 3.98. The van der Waals surface area contributed by atoms with Crippen LogP contribution in [0.5, 0.6) is 0 Å². The average Bonchev–Trinajstić information content (AvgIpc) is 2.53. The minimum atomic E-state index is 0.170. The first kappa shape index (κ1) is 14.2. The number of benzene rings is 1. The molecule has 2 aliphatic rings. The molecule has 110 valence electrons. The molecule has 0 bridgehead atoms. The number of rotatable bonds is 4. The molecular weight excluding hydrogens is 264 g/mol. The molecular formula is C17H20N2O2. The van der Waals surface area contributed by atoms with Gasteiger partial charge in [-0.3, -0.25) is 9.79 Å². The van der Waals surface area contributed by atoms with E-state index in [-0.39, 0.29) is 11.8 Å². The van der Waals surface area contributed by atoms with Crippen molar-refractivity contribution in [2.45, 2.75) is 25.8 Å². The van der Waals surface area contributed by atoms with Crippen LogP contribution in [0.15, 0.2) is 46.6 Å². The lowest BCUT2D eigenvalue weighted by molar-refractivity contribution is -0.115. The van der Waals surface area contributed by atoms with Crippen molar-refractivity contribution >= 4 is 11.5 Å². The Morgan fingerprint density at radius 1 is 1.33 bits per heavy atom. The first-order chi connectivity index (χ1) is 10.2. The average molecular weight is 284 g/mol. The van der Waals surface area contributed by atoms with Gasteiger partial charge in [-0.1, -0.05) is 30.3 Å². The van der Waals surface area contributed by atoms with Gasteiger partial charge >= 0.3 is 0 Å². The van der Waals surface area contributed by atoms with E-state index in [1.807, 2.05) is 18.2 Å². The van der Waals surface area contributed by atoms with Gasteiger partial charge in [0.05, 0.1) is 25.3 Å². The smallest absolute Gasteiger partial charge is 0.168 e. The van der Waals surface area contributed by atoms with Crippen LogP contribution in [0.25, 0.3) is 0 Å². The van der Waals surface area contributed by atoms with E-state index in [9.17, 15) is 4.79 Å². The number of carbonyl (C=O) groups excluding carboxylic acids is 1. The Bertz CT molecular complexity index is 590. The third-order valence-electron chi connectivity index (χ3n) is 3.98. The zero-order valence-electron chi connectivity index (χ0n) is 12.3. The molecule has 0 saturated heterocycles. The Morgan fingerprint density at radius 2 is 2.14 bits per heavy atom. The number of nitrogens with zero attached hydrogens (tertiary/aromatic N) is 1. The molecule has 1 aromatic rings. The summed E-state index contributed by atoms with van der Waals surface area (Å²) in [6.07, 6.45) is 1.16. The van der Waals surface area contributed by atoms with Crippen LogP contribution >= 0.6 is 0 Å². The lowest BCUT2D eigenvalue weighted by Crippen LogP contribution is -2.31. The Labute approximate surface area is 124 Å². The maximum atomic E-state index is 12.1. The van der Waals surface area contributed by atoms with Crippen LogP contribution in [-0.4, -0.2) is 31.3 Å². The molecule has 1 atom stereocenters. The van der Waals surface area contributed by atoms with Crippen LogP contribution in [0.3, 0.4) is 0 Å². The lowest BCUT2D eigenvalue weighted by Gasteiger charge is -2.23. The molecule has 0 aromatic heterocycles. The first-order valence-electron chi connectivity index (χ1n) is 7.42.